The van der Waals surface area contributed by atoms with Gasteiger partial charge in [0.25, 0.3) is 11.5 Å². The minimum absolute atomic E-state index is 0.127. The third-order valence-electron chi connectivity index (χ3n) is 6.52. The van der Waals surface area contributed by atoms with Gasteiger partial charge in [0.05, 0.1) is 10.9 Å². The molecule has 0 saturated heterocycles. The van der Waals surface area contributed by atoms with Gasteiger partial charge < -0.3 is 10.1 Å². The molecule has 5 rings (SSSR count). The first-order chi connectivity index (χ1) is 16.4. The quantitative estimate of drug-likeness (QED) is 0.430. The highest BCUT2D eigenvalue weighted by atomic mass is 32.1. The van der Waals surface area contributed by atoms with E-state index in [1.165, 1.54) is 18.3 Å². The van der Waals surface area contributed by atoms with Gasteiger partial charge in [-0.05, 0) is 57.1 Å². The van der Waals surface area contributed by atoms with E-state index < -0.39 is 18.0 Å². The lowest BCUT2D eigenvalue weighted by atomic mass is 10.1. The van der Waals surface area contributed by atoms with Crippen molar-refractivity contribution in [3.63, 3.8) is 0 Å². The summed E-state index contributed by atoms with van der Waals surface area (Å²) >= 11 is 2.56. The number of thiophene rings is 2. The van der Waals surface area contributed by atoms with Gasteiger partial charge in [0.1, 0.15) is 26.6 Å². The average molecular weight is 497 g/mol. The highest BCUT2D eigenvalue weighted by molar-refractivity contribution is 7.20. The molecule has 1 aliphatic carbocycles. The number of fused-ring (bicyclic) bond motifs is 3. The summed E-state index contributed by atoms with van der Waals surface area (Å²) in [5, 5.41) is 13.4. The molecule has 3 aromatic rings. The predicted molar refractivity (Wildman–Crippen MR) is 131 cm³/mol. The van der Waals surface area contributed by atoms with Crippen LogP contribution in [0.25, 0.3) is 10.2 Å². The summed E-state index contributed by atoms with van der Waals surface area (Å²) in [7, 11) is 0. The number of rotatable bonds is 4. The van der Waals surface area contributed by atoms with Gasteiger partial charge in [-0.25, -0.2) is 9.78 Å². The number of nitrogens with zero attached hydrogens (tertiary/aromatic N) is 3. The van der Waals surface area contributed by atoms with Crippen LogP contribution in [-0.2, 0) is 35.3 Å². The van der Waals surface area contributed by atoms with Crippen molar-refractivity contribution in [3.05, 3.63) is 42.6 Å². The Kier molecular flexibility index (Phi) is 6.00. The van der Waals surface area contributed by atoms with Gasteiger partial charge in [-0.1, -0.05) is 6.42 Å². The lowest BCUT2D eigenvalue weighted by molar-refractivity contribution is -0.123. The van der Waals surface area contributed by atoms with Crippen molar-refractivity contribution in [1.29, 1.82) is 5.26 Å². The Balaban J connectivity index is 1.34. The van der Waals surface area contributed by atoms with Gasteiger partial charge in [-0.2, -0.15) is 5.26 Å². The summed E-state index contributed by atoms with van der Waals surface area (Å²) in [5.41, 5.74) is 1.97. The Bertz CT molecular complexity index is 1430. The fourth-order valence-corrected chi connectivity index (χ4v) is 7.02. The first-order valence-electron chi connectivity index (χ1n) is 11.5. The Labute approximate surface area is 204 Å². The van der Waals surface area contributed by atoms with Gasteiger partial charge >= 0.3 is 5.97 Å². The molecule has 1 unspecified atom stereocenters. The molecule has 0 spiro atoms. The average Bonchev–Trinajstić information content (AvgIpc) is 3.45. The topological polar surface area (TPSA) is 114 Å². The van der Waals surface area contributed by atoms with E-state index in [9.17, 15) is 19.6 Å². The lowest BCUT2D eigenvalue weighted by Gasteiger charge is -2.13. The molecule has 1 N–H and O–H groups in total. The molecule has 1 aliphatic heterocycles. The normalized spacial score (nSPS) is 15.8. The zero-order chi connectivity index (χ0) is 24.0. The number of carbonyl (C=O) groups excluding carboxylic acids is 2. The zero-order valence-electron chi connectivity index (χ0n) is 19.0. The first-order valence-corrected chi connectivity index (χ1v) is 13.1. The molecule has 3 aromatic heterocycles. The van der Waals surface area contributed by atoms with Crippen LogP contribution in [0.1, 0.15) is 69.7 Å². The molecule has 4 heterocycles. The molecule has 10 heteroatoms. The highest BCUT2D eigenvalue weighted by Crippen LogP contribution is 2.37. The number of nitrogens with one attached hydrogen (secondary N) is 1. The van der Waals surface area contributed by atoms with E-state index in [0.717, 1.165) is 72.5 Å². The number of carbonyl (C=O) groups is 2. The molecule has 1 atom stereocenters. The van der Waals surface area contributed by atoms with Crippen LogP contribution in [0.4, 0.5) is 5.00 Å². The Morgan fingerprint density at radius 1 is 1.18 bits per heavy atom. The molecular formula is C24H24N4O4S2. The van der Waals surface area contributed by atoms with Crippen molar-refractivity contribution in [1.82, 2.24) is 9.55 Å². The molecule has 0 aromatic carbocycles. The molecule has 1 amide bonds. The maximum Gasteiger partial charge on any atom is 0.349 e. The monoisotopic (exact) mass is 496 g/mol. The number of anilines is 1. The number of ether oxygens (including phenoxy) is 1. The SMILES string of the molecule is Cc1c(C(=O)OC(C)C(=O)Nc2sc3c(c2C#N)CCCCC3)sc2nc3n(c(=O)c12)CCC3. The Morgan fingerprint density at radius 3 is 2.76 bits per heavy atom. The van der Waals surface area contributed by atoms with E-state index in [0.29, 0.717) is 32.9 Å². The van der Waals surface area contributed by atoms with E-state index in [2.05, 4.69) is 16.4 Å². The molecule has 8 nitrogen and oxygen atoms in total. The van der Waals surface area contributed by atoms with E-state index in [4.69, 9.17) is 4.74 Å². The number of aromatic nitrogens is 2. The van der Waals surface area contributed by atoms with E-state index in [1.807, 2.05) is 0 Å². The summed E-state index contributed by atoms with van der Waals surface area (Å²) in [6.07, 6.45) is 5.59. The fraction of sp³-hybridized carbons (Fsp3) is 0.458. The van der Waals surface area contributed by atoms with Crippen LogP contribution < -0.4 is 10.9 Å². The largest absolute Gasteiger partial charge is 0.448 e. The number of amides is 1. The van der Waals surface area contributed by atoms with Crippen LogP contribution in [0.15, 0.2) is 4.79 Å². The zero-order valence-corrected chi connectivity index (χ0v) is 20.7. The molecular weight excluding hydrogens is 472 g/mol. The number of esters is 1. The number of hydrogen-bond acceptors (Lipinski definition) is 8. The van der Waals surface area contributed by atoms with Crippen LogP contribution in [0.5, 0.6) is 0 Å². The molecule has 0 saturated carbocycles. The van der Waals surface area contributed by atoms with E-state index >= 15 is 0 Å². The smallest absolute Gasteiger partial charge is 0.349 e. The minimum atomic E-state index is -1.07. The van der Waals surface area contributed by atoms with E-state index in [1.54, 1.807) is 11.5 Å². The summed E-state index contributed by atoms with van der Waals surface area (Å²) in [6.45, 7) is 3.85. The van der Waals surface area contributed by atoms with Crippen molar-refractivity contribution in [2.45, 2.75) is 71.4 Å². The first kappa shape index (κ1) is 22.7. The molecule has 2 aliphatic rings. The standard InChI is InChI=1S/C24H24N4O4S2/c1-12-18-22(26-17-9-6-10-28(17)23(18)30)34-19(12)24(31)32-13(2)20(29)27-21-15(11-25)14-7-4-3-5-8-16(14)33-21/h13H,3-10H2,1-2H3,(H,27,29). The summed E-state index contributed by atoms with van der Waals surface area (Å²) in [5.74, 6) is -0.401. The highest BCUT2D eigenvalue weighted by Gasteiger charge is 2.28. The van der Waals surface area contributed by atoms with Crippen molar-refractivity contribution < 1.29 is 14.3 Å². The summed E-state index contributed by atoms with van der Waals surface area (Å²) < 4.78 is 7.13. The second-order valence-electron chi connectivity index (χ2n) is 8.74. The van der Waals surface area contributed by atoms with Crippen LogP contribution in [0.2, 0.25) is 0 Å². The van der Waals surface area contributed by atoms with Gasteiger partial charge in [-0.3, -0.25) is 14.2 Å². The maximum atomic E-state index is 12.9. The van der Waals surface area contributed by atoms with Crippen LogP contribution >= 0.6 is 22.7 Å². The van der Waals surface area contributed by atoms with Gasteiger partial charge in [-0.15, -0.1) is 22.7 Å². The van der Waals surface area contributed by atoms with Gasteiger partial charge in [0.15, 0.2) is 6.10 Å². The third kappa shape index (κ3) is 3.83. The molecule has 0 radical (unpaired) electrons. The van der Waals surface area contributed by atoms with E-state index in [-0.39, 0.29) is 10.4 Å². The molecule has 0 bridgehead atoms. The van der Waals surface area contributed by atoms with Crippen molar-refractivity contribution in [3.8, 4) is 6.07 Å². The Morgan fingerprint density at radius 2 is 1.97 bits per heavy atom. The molecule has 34 heavy (non-hydrogen) atoms. The Hall–Kier alpha value is -3.03. The number of hydrogen-bond donors (Lipinski definition) is 1. The van der Waals surface area contributed by atoms with Crippen molar-refractivity contribution in [2.24, 2.45) is 0 Å². The number of aryl methyl sites for hydroxylation is 3. The predicted octanol–water partition coefficient (Wildman–Crippen LogP) is 4.10. The maximum absolute atomic E-state index is 12.9. The van der Waals surface area contributed by atoms with Crippen LogP contribution in [0.3, 0.4) is 0 Å². The molecule has 176 valence electrons. The second kappa shape index (κ2) is 8.96. The van der Waals surface area contributed by atoms with Crippen molar-refractivity contribution in [2.75, 3.05) is 5.32 Å². The van der Waals surface area contributed by atoms with Crippen LogP contribution in [0, 0.1) is 18.3 Å². The fourth-order valence-electron chi connectivity index (χ4n) is 4.70. The van der Waals surface area contributed by atoms with Gasteiger partial charge in [0, 0.05) is 17.8 Å². The number of nitriles is 1. The summed E-state index contributed by atoms with van der Waals surface area (Å²) in [6, 6.07) is 2.24. The molecule has 0 fully saturated rings. The summed E-state index contributed by atoms with van der Waals surface area (Å²) in [4.78, 5) is 45.1. The second-order valence-corrected chi connectivity index (χ2v) is 10.8. The van der Waals surface area contributed by atoms with Crippen molar-refractivity contribution >= 4 is 49.8 Å². The minimum Gasteiger partial charge on any atom is -0.448 e. The van der Waals surface area contributed by atoms with Gasteiger partial charge in [0.2, 0.25) is 0 Å². The third-order valence-corrected chi connectivity index (χ3v) is 8.89. The lowest BCUT2D eigenvalue weighted by Crippen LogP contribution is -2.30. The van der Waals surface area contributed by atoms with Crippen LogP contribution in [-0.4, -0.2) is 27.5 Å².